The van der Waals surface area contributed by atoms with Crippen LogP contribution in [0.2, 0.25) is 0 Å². The molecule has 1 heterocycles. The summed E-state index contributed by atoms with van der Waals surface area (Å²) in [6.45, 7) is 7.41. The highest BCUT2D eigenvalue weighted by Gasteiger charge is 2.19. The first-order valence-corrected chi connectivity index (χ1v) is 10.9. The van der Waals surface area contributed by atoms with Gasteiger partial charge in [-0.15, -0.1) is 24.0 Å². The summed E-state index contributed by atoms with van der Waals surface area (Å²) in [7, 11) is 0. The third kappa shape index (κ3) is 7.35. The van der Waals surface area contributed by atoms with Gasteiger partial charge in [0.2, 0.25) is 0 Å². The molecule has 3 rings (SSSR count). The van der Waals surface area contributed by atoms with Crippen LogP contribution in [0, 0.1) is 5.82 Å². The third-order valence-electron chi connectivity index (χ3n) is 5.53. The number of nitrogens with one attached hydrogen (secondary N) is 2. The molecule has 0 unspecified atom stereocenters. The summed E-state index contributed by atoms with van der Waals surface area (Å²) in [4.78, 5) is 6.63. The first kappa shape index (κ1) is 25.4. The van der Waals surface area contributed by atoms with Gasteiger partial charge in [-0.2, -0.15) is 0 Å². The molecule has 1 fully saturated rings. The molecule has 1 saturated heterocycles. The number of aryl methyl sites for hydroxylation is 1. The van der Waals surface area contributed by atoms with E-state index in [0.29, 0.717) is 44.7 Å². The van der Waals surface area contributed by atoms with Crippen LogP contribution in [0.25, 0.3) is 0 Å². The number of anilines is 1. The van der Waals surface area contributed by atoms with E-state index in [1.807, 2.05) is 30.0 Å². The number of nitrogens with zero attached hydrogens (tertiary/aromatic N) is 2. The van der Waals surface area contributed by atoms with Gasteiger partial charge in [-0.25, -0.2) is 9.38 Å². The quantitative estimate of drug-likeness (QED) is 0.280. The molecule has 0 radical (unpaired) electrons. The predicted octanol–water partition coefficient (Wildman–Crippen LogP) is 4.22. The highest BCUT2D eigenvalue weighted by molar-refractivity contribution is 14.0. The van der Waals surface area contributed by atoms with Crippen LogP contribution < -0.4 is 15.5 Å². The zero-order chi connectivity index (χ0) is 21.3. The second kappa shape index (κ2) is 12.9. The molecule has 0 aromatic heterocycles. The Hall–Kier alpha value is -1.87. The number of guanidine groups is 1. The van der Waals surface area contributed by atoms with Crippen molar-refractivity contribution in [3.8, 4) is 0 Å². The largest absolute Gasteiger partial charge is 0.393 e. The minimum atomic E-state index is -0.265. The zero-order valence-corrected chi connectivity index (χ0v) is 20.7. The number of halogens is 2. The van der Waals surface area contributed by atoms with Crippen LogP contribution in [0.3, 0.4) is 0 Å². The molecule has 0 aliphatic carbocycles. The molecule has 0 saturated carbocycles. The van der Waals surface area contributed by atoms with E-state index in [-0.39, 0.29) is 35.9 Å². The van der Waals surface area contributed by atoms with Crippen LogP contribution in [0.4, 0.5) is 10.1 Å². The van der Waals surface area contributed by atoms with Crippen molar-refractivity contribution in [2.45, 2.75) is 52.3 Å². The highest BCUT2D eigenvalue weighted by atomic mass is 127. The highest BCUT2D eigenvalue weighted by Crippen LogP contribution is 2.24. The van der Waals surface area contributed by atoms with Gasteiger partial charge in [-0.1, -0.05) is 37.3 Å². The Bertz CT molecular complexity index is 853. The molecule has 5 nitrogen and oxygen atoms in total. The Balaban J connectivity index is 0.00000341. The van der Waals surface area contributed by atoms with Gasteiger partial charge in [0.15, 0.2) is 5.96 Å². The minimum Gasteiger partial charge on any atom is -0.393 e. The van der Waals surface area contributed by atoms with Crippen molar-refractivity contribution < 1.29 is 9.50 Å². The van der Waals surface area contributed by atoms with Crippen molar-refractivity contribution in [2.24, 2.45) is 4.99 Å². The number of hydrogen-bond donors (Lipinski definition) is 3. The zero-order valence-electron chi connectivity index (χ0n) is 18.4. The molecular weight excluding hydrogens is 506 g/mol. The lowest BCUT2D eigenvalue weighted by Gasteiger charge is -2.31. The number of aliphatic imine (C=N–C) groups is 1. The Morgan fingerprint density at radius 2 is 1.81 bits per heavy atom. The van der Waals surface area contributed by atoms with Crippen molar-refractivity contribution in [2.75, 3.05) is 24.5 Å². The third-order valence-corrected chi connectivity index (χ3v) is 5.53. The summed E-state index contributed by atoms with van der Waals surface area (Å²) in [5.41, 5.74) is 4.02. The lowest BCUT2D eigenvalue weighted by Crippen LogP contribution is -2.37. The summed E-state index contributed by atoms with van der Waals surface area (Å²) in [5.74, 6) is 0.492. The van der Waals surface area contributed by atoms with Gasteiger partial charge in [0.05, 0.1) is 18.3 Å². The van der Waals surface area contributed by atoms with E-state index in [1.165, 1.54) is 11.1 Å². The number of piperidine rings is 1. The van der Waals surface area contributed by atoms with Crippen molar-refractivity contribution >= 4 is 35.6 Å². The molecule has 2 aromatic rings. The Labute approximate surface area is 202 Å². The number of hydrogen-bond acceptors (Lipinski definition) is 3. The second-order valence-corrected chi connectivity index (χ2v) is 7.67. The van der Waals surface area contributed by atoms with Crippen molar-refractivity contribution in [1.82, 2.24) is 10.6 Å². The van der Waals surface area contributed by atoms with Crippen LogP contribution in [0.5, 0.6) is 0 Å². The number of aliphatic hydroxyl groups excluding tert-OH is 1. The fourth-order valence-electron chi connectivity index (χ4n) is 3.78. The fourth-order valence-corrected chi connectivity index (χ4v) is 3.78. The van der Waals surface area contributed by atoms with E-state index in [1.54, 1.807) is 6.07 Å². The summed E-state index contributed by atoms with van der Waals surface area (Å²) in [6.07, 6.45) is 2.10. The lowest BCUT2D eigenvalue weighted by atomic mass is 10.1. The summed E-state index contributed by atoms with van der Waals surface area (Å²) >= 11 is 0. The average molecular weight is 540 g/mol. The maximum absolute atomic E-state index is 14.7. The Kier molecular flexibility index (Phi) is 10.5. The van der Waals surface area contributed by atoms with Gasteiger partial charge in [0, 0.05) is 26.2 Å². The van der Waals surface area contributed by atoms with Gasteiger partial charge >= 0.3 is 0 Å². The van der Waals surface area contributed by atoms with Crippen LogP contribution in [-0.2, 0) is 19.5 Å². The maximum atomic E-state index is 14.7. The first-order valence-electron chi connectivity index (χ1n) is 10.9. The van der Waals surface area contributed by atoms with Crippen LogP contribution in [-0.4, -0.2) is 36.8 Å². The molecule has 1 aliphatic heterocycles. The molecule has 31 heavy (non-hydrogen) atoms. The van der Waals surface area contributed by atoms with E-state index < -0.39 is 0 Å². The molecule has 0 bridgehead atoms. The molecular formula is C24H34FIN4O. The monoisotopic (exact) mass is 540 g/mol. The molecule has 2 aromatic carbocycles. The Morgan fingerprint density at radius 3 is 2.45 bits per heavy atom. The summed E-state index contributed by atoms with van der Waals surface area (Å²) in [5, 5.41) is 16.3. The average Bonchev–Trinajstić information content (AvgIpc) is 2.76. The van der Waals surface area contributed by atoms with Crippen LogP contribution in [0.1, 0.15) is 43.4 Å². The molecule has 3 N–H and O–H groups in total. The maximum Gasteiger partial charge on any atom is 0.191 e. The topological polar surface area (TPSA) is 59.9 Å². The van der Waals surface area contributed by atoms with Crippen molar-refractivity contribution in [1.29, 1.82) is 0 Å². The summed E-state index contributed by atoms with van der Waals surface area (Å²) in [6, 6.07) is 13.7. The van der Waals surface area contributed by atoms with Gasteiger partial charge in [-0.05, 0) is 55.0 Å². The standard InChI is InChI=1S/C24H33FN4O.HI/c1-3-19-7-5-6-8-20(19)17-28-24(26-4-2)27-16-18-9-10-23(22(25)15-18)29-13-11-21(30)12-14-29;/h5-10,15,21,30H,3-4,11-14,16-17H2,1-2H3,(H2,26,27,28);1H. The molecule has 0 spiro atoms. The smallest absolute Gasteiger partial charge is 0.191 e. The molecule has 7 heteroatoms. The van der Waals surface area contributed by atoms with E-state index >= 15 is 0 Å². The van der Waals surface area contributed by atoms with Crippen LogP contribution >= 0.6 is 24.0 Å². The SMILES string of the molecule is CCNC(=NCc1ccc(N2CCC(O)CC2)c(F)c1)NCc1ccccc1CC.I. The van der Waals surface area contributed by atoms with Gasteiger partial charge in [0.25, 0.3) is 0 Å². The van der Waals surface area contributed by atoms with E-state index in [0.717, 1.165) is 24.5 Å². The fraction of sp³-hybridized carbons (Fsp3) is 0.458. The predicted molar refractivity (Wildman–Crippen MR) is 137 cm³/mol. The van der Waals surface area contributed by atoms with Crippen molar-refractivity contribution in [3.63, 3.8) is 0 Å². The van der Waals surface area contributed by atoms with Gasteiger partial charge in [0.1, 0.15) is 5.82 Å². The van der Waals surface area contributed by atoms with Gasteiger partial charge in [-0.3, -0.25) is 0 Å². The molecule has 0 atom stereocenters. The second-order valence-electron chi connectivity index (χ2n) is 7.67. The van der Waals surface area contributed by atoms with E-state index in [2.05, 4.69) is 40.7 Å². The Morgan fingerprint density at radius 1 is 1.10 bits per heavy atom. The van der Waals surface area contributed by atoms with Crippen LogP contribution in [0.15, 0.2) is 47.5 Å². The molecule has 0 amide bonds. The number of aliphatic hydroxyl groups is 1. The van der Waals surface area contributed by atoms with Gasteiger partial charge < -0.3 is 20.6 Å². The number of benzene rings is 2. The first-order chi connectivity index (χ1) is 14.6. The molecule has 170 valence electrons. The summed E-state index contributed by atoms with van der Waals surface area (Å²) < 4.78 is 14.7. The van der Waals surface area contributed by atoms with E-state index in [9.17, 15) is 9.50 Å². The van der Waals surface area contributed by atoms with E-state index in [4.69, 9.17) is 0 Å². The normalized spacial score (nSPS) is 14.8. The minimum absolute atomic E-state index is 0. The molecule has 1 aliphatic rings. The lowest BCUT2D eigenvalue weighted by molar-refractivity contribution is 0.145. The number of rotatable bonds is 7. The van der Waals surface area contributed by atoms with Crippen molar-refractivity contribution in [3.05, 3.63) is 65.0 Å².